The van der Waals surface area contributed by atoms with E-state index in [1.54, 1.807) is 0 Å². The van der Waals surface area contributed by atoms with Crippen molar-refractivity contribution >= 4 is 40.0 Å². The SMILES string of the molecule is CCNC(=NCCS(=O)(=O)N(CC)CC)N1CCC(Cc2cnn(C)c2)C1.I. The maximum Gasteiger partial charge on any atom is 0.215 e. The minimum atomic E-state index is -3.24. The van der Waals surface area contributed by atoms with Gasteiger partial charge in [-0.25, -0.2) is 12.7 Å². The first-order valence-corrected chi connectivity index (χ1v) is 11.5. The molecule has 1 saturated heterocycles. The van der Waals surface area contributed by atoms with Gasteiger partial charge in [0.25, 0.3) is 0 Å². The Morgan fingerprint density at radius 2 is 2.07 bits per heavy atom. The van der Waals surface area contributed by atoms with E-state index in [2.05, 4.69) is 26.5 Å². The molecule has 2 rings (SSSR count). The fourth-order valence-electron chi connectivity index (χ4n) is 3.54. The molecule has 1 aromatic heterocycles. The average Bonchev–Trinajstić information content (AvgIpc) is 3.24. The smallest absolute Gasteiger partial charge is 0.215 e. The number of guanidine groups is 1. The molecule has 1 unspecified atom stereocenters. The summed E-state index contributed by atoms with van der Waals surface area (Å²) in [5, 5.41) is 7.55. The predicted octanol–water partition coefficient (Wildman–Crippen LogP) is 1.54. The highest BCUT2D eigenvalue weighted by atomic mass is 127. The van der Waals surface area contributed by atoms with Crippen LogP contribution in [0.1, 0.15) is 32.8 Å². The topological polar surface area (TPSA) is 82.8 Å². The van der Waals surface area contributed by atoms with Crippen LogP contribution in [-0.4, -0.2) is 78.4 Å². The van der Waals surface area contributed by atoms with E-state index in [4.69, 9.17) is 0 Å². The van der Waals surface area contributed by atoms with E-state index in [1.165, 1.54) is 9.87 Å². The molecule has 162 valence electrons. The second-order valence-corrected chi connectivity index (χ2v) is 9.05. The molecule has 8 nitrogen and oxygen atoms in total. The summed E-state index contributed by atoms with van der Waals surface area (Å²) in [5.41, 5.74) is 1.26. The Morgan fingerprint density at radius 1 is 1.36 bits per heavy atom. The van der Waals surface area contributed by atoms with Gasteiger partial charge in [0.1, 0.15) is 0 Å². The number of aromatic nitrogens is 2. The van der Waals surface area contributed by atoms with Gasteiger partial charge in [0, 0.05) is 46.0 Å². The minimum absolute atomic E-state index is 0. The Hall–Kier alpha value is -0.880. The molecule has 1 N–H and O–H groups in total. The summed E-state index contributed by atoms with van der Waals surface area (Å²) in [6, 6.07) is 0. The number of likely N-dealkylation sites (tertiary alicyclic amines) is 1. The number of sulfonamides is 1. The largest absolute Gasteiger partial charge is 0.357 e. The second kappa shape index (κ2) is 12.0. The lowest BCUT2D eigenvalue weighted by Gasteiger charge is -2.22. The van der Waals surface area contributed by atoms with Crippen LogP contribution in [0.4, 0.5) is 0 Å². The van der Waals surface area contributed by atoms with Gasteiger partial charge in [-0.3, -0.25) is 9.67 Å². The number of nitrogens with one attached hydrogen (secondary N) is 1. The van der Waals surface area contributed by atoms with Crippen molar-refractivity contribution in [2.24, 2.45) is 18.0 Å². The second-order valence-electron chi connectivity index (χ2n) is 6.96. The predicted molar refractivity (Wildman–Crippen MR) is 125 cm³/mol. The summed E-state index contributed by atoms with van der Waals surface area (Å²) in [6.45, 7) is 9.70. The van der Waals surface area contributed by atoms with E-state index in [1.807, 2.05) is 38.7 Å². The first-order chi connectivity index (χ1) is 12.9. The first-order valence-electron chi connectivity index (χ1n) is 9.88. The Balaban J connectivity index is 0.00000392. The van der Waals surface area contributed by atoms with E-state index in [0.29, 0.717) is 19.0 Å². The zero-order chi connectivity index (χ0) is 19.9. The summed E-state index contributed by atoms with van der Waals surface area (Å²) in [7, 11) is -1.30. The summed E-state index contributed by atoms with van der Waals surface area (Å²) >= 11 is 0. The third-order valence-electron chi connectivity index (χ3n) is 4.91. The van der Waals surface area contributed by atoms with Gasteiger partial charge in [0.15, 0.2) is 5.96 Å². The zero-order valence-corrected chi connectivity index (χ0v) is 20.6. The highest BCUT2D eigenvalue weighted by Gasteiger charge is 2.25. The maximum absolute atomic E-state index is 12.3. The van der Waals surface area contributed by atoms with Crippen LogP contribution in [0.3, 0.4) is 0 Å². The Morgan fingerprint density at radius 3 is 2.64 bits per heavy atom. The van der Waals surface area contributed by atoms with Crippen LogP contribution in [-0.2, 0) is 23.5 Å². The van der Waals surface area contributed by atoms with Crippen LogP contribution in [0.2, 0.25) is 0 Å². The van der Waals surface area contributed by atoms with Crippen molar-refractivity contribution in [3.8, 4) is 0 Å². The monoisotopic (exact) mass is 526 g/mol. The van der Waals surface area contributed by atoms with Crippen LogP contribution in [0.25, 0.3) is 0 Å². The molecule has 0 spiro atoms. The van der Waals surface area contributed by atoms with Crippen LogP contribution in [0.15, 0.2) is 17.4 Å². The van der Waals surface area contributed by atoms with Crippen LogP contribution < -0.4 is 5.32 Å². The van der Waals surface area contributed by atoms with Gasteiger partial charge >= 0.3 is 0 Å². The molecule has 0 bridgehead atoms. The molecule has 28 heavy (non-hydrogen) atoms. The number of aryl methyl sites for hydroxylation is 1. The van der Waals surface area contributed by atoms with E-state index in [9.17, 15) is 8.42 Å². The average molecular weight is 526 g/mol. The van der Waals surface area contributed by atoms with Crippen LogP contribution >= 0.6 is 24.0 Å². The molecule has 0 aliphatic carbocycles. The zero-order valence-electron chi connectivity index (χ0n) is 17.5. The fraction of sp³-hybridized carbons (Fsp3) is 0.778. The first kappa shape index (κ1) is 25.2. The number of rotatable bonds is 9. The van der Waals surface area contributed by atoms with E-state index >= 15 is 0 Å². The Labute approximate surface area is 186 Å². The normalized spacial score (nSPS) is 17.8. The molecular formula is C18H35IN6O2S. The van der Waals surface area contributed by atoms with Crippen molar-refractivity contribution in [3.05, 3.63) is 18.0 Å². The van der Waals surface area contributed by atoms with Crippen molar-refractivity contribution in [3.63, 3.8) is 0 Å². The summed E-state index contributed by atoms with van der Waals surface area (Å²) < 4.78 is 28.0. The molecule has 1 aromatic rings. The van der Waals surface area contributed by atoms with Gasteiger partial charge in [0.05, 0.1) is 18.5 Å². The lowest BCUT2D eigenvalue weighted by molar-refractivity contribution is 0.444. The molecule has 0 aromatic carbocycles. The molecule has 0 saturated carbocycles. The lowest BCUT2D eigenvalue weighted by Crippen LogP contribution is -2.41. The molecule has 0 radical (unpaired) electrons. The fourth-order valence-corrected chi connectivity index (χ4v) is 4.91. The van der Waals surface area contributed by atoms with Crippen molar-refractivity contribution in [2.75, 3.05) is 45.0 Å². The molecular weight excluding hydrogens is 491 g/mol. The van der Waals surface area contributed by atoms with Crippen molar-refractivity contribution in [2.45, 2.75) is 33.6 Å². The highest BCUT2D eigenvalue weighted by Crippen LogP contribution is 2.20. The van der Waals surface area contributed by atoms with Gasteiger partial charge < -0.3 is 10.2 Å². The summed E-state index contributed by atoms with van der Waals surface area (Å²) in [5.74, 6) is 1.44. The quantitative estimate of drug-likeness (QED) is 0.300. The summed E-state index contributed by atoms with van der Waals surface area (Å²) in [6.07, 6.45) is 6.12. The van der Waals surface area contributed by atoms with Gasteiger partial charge in [-0.05, 0) is 31.2 Å². The number of hydrogen-bond donors (Lipinski definition) is 1. The van der Waals surface area contributed by atoms with Crippen molar-refractivity contribution < 1.29 is 8.42 Å². The minimum Gasteiger partial charge on any atom is -0.357 e. The number of aliphatic imine (C=N–C) groups is 1. The maximum atomic E-state index is 12.3. The van der Waals surface area contributed by atoms with E-state index in [0.717, 1.165) is 38.4 Å². The molecule has 1 atom stereocenters. The third kappa shape index (κ3) is 7.18. The van der Waals surface area contributed by atoms with Crippen molar-refractivity contribution in [1.82, 2.24) is 24.3 Å². The van der Waals surface area contributed by atoms with Gasteiger partial charge in [-0.15, -0.1) is 24.0 Å². The highest BCUT2D eigenvalue weighted by molar-refractivity contribution is 14.0. The molecule has 1 aliphatic rings. The standard InChI is InChI=1S/C18H34N6O2S.HI/c1-5-19-18(20-9-11-27(25,26)24(6-2)7-3)23-10-8-16(15-23)12-17-13-21-22(4)14-17;/h13-14,16H,5-12,15H2,1-4H3,(H,19,20);1H. The Bertz CT molecular complexity index is 717. The van der Waals surface area contributed by atoms with Crippen molar-refractivity contribution in [1.29, 1.82) is 0 Å². The van der Waals surface area contributed by atoms with E-state index in [-0.39, 0.29) is 36.3 Å². The molecule has 1 fully saturated rings. The summed E-state index contributed by atoms with van der Waals surface area (Å²) in [4.78, 5) is 6.83. The number of hydrogen-bond acceptors (Lipinski definition) is 4. The van der Waals surface area contributed by atoms with Crippen LogP contribution in [0, 0.1) is 5.92 Å². The lowest BCUT2D eigenvalue weighted by atomic mass is 10.0. The molecule has 1 aliphatic heterocycles. The van der Waals surface area contributed by atoms with Gasteiger partial charge in [0.2, 0.25) is 10.0 Å². The van der Waals surface area contributed by atoms with E-state index < -0.39 is 10.0 Å². The third-order valence-corrected chi connectivity index (χ3v) is 6.91. The van der Waals surface area contributed by atoms with Gasteiger partial charge in [-0.1, -0.05) is 13.8 Å². The number of nitrogens with zero attached hydrogens (tertiary/aromatic N) is 5. The Kier molecular flexibility index (Phi) is 10.7. The molecule has 10 heteroatoms. The van der Waals surface area contributed by atoms with Gasteiger partial charge in [-0.2, -0.15) is 5.10 Å². The van der Waals surface area contributed by atoms with Crippen LogP contribution in [0.5, 0.6) is 0 Å². The molecule has 2 heterocycles. The number of halogens is 1. The molecule has 0 amide bonds.